The van der Waals surface area contributed by atoms with Gasteiger partial charge in [0.15, 0.2) is 0 Å². The molecule has 0 atom stereocenters. The van der Waals surface area contributed by atoms with Crippen molar-refractivity contribution >= 4 is 27.3 Å². The third kappa shape index (κ3) is 2.85. The fourth-order valence-electron chi connectivity index (χ4n) is 1.64. The Morgan fingerprint density at radius 1 is 1.16 bits per heavy atom. The van der Waals surface area contributed by atoms with Crippen LogP contribution in [0.25, 0.3) is 0 Å². The first-order chi connectivity index (χ1) is 9.13. The summed E-state index contributed by atoms with van der Waals surface area (Å²) >= 11 is 3.34. The molecule has 0 saturated heterocycles. The van der Waals surface area contributed by atoms with E-state index in [0.717, 1.165) is 4.47 Å². The second-order valence-corrected chi connectivity index (χ2v) is 4.55. The van der Waals surface area contributed by atoms with Gasteiger partial charge in [-0.05, 0) is 40.2 Å². The summed E-state index contributed by atoms with van der Waals surface area (Å²) in [5.74, 6) is 0.725. The van der Waals surface area contributed by atoms with Crippen molar-refractivity contribution in [3.05, 3.63) is 57.1 Å². The SMILES string of the molecule is CNc1cccc(Oc2ccccc2Br)c1[N+](=O)[O-]. The molecule has 0 aliphatic heterocycles. The Labute approximate surface area is 118 Å². The van der Waals surface area contributed by atoms with E-state index in [9.17, 15) is 10.1 Å². The molecular formula is C13H11BrN2O3. The smallest absolute Gasteiger partial charge is 0.334 e. The summed E-state index contributed by atoms with van der Waals surface area (Å²) in [7, 11) is 1.63. The van der Waals surface area contributed by atoms with Gasteiger partial charge in [0.1, 0.15) is 11.4 Å². The Morgan fingerprint density at radius 3 is 2.47 bits per heavy atom. The average molecular weight is 323 g/mol. The lowest BCUT2D eigenvalue weighted by Crippen LogP contribution is -1.99. The third-order valence-electron chi connectivity index (χ3n) is 2.51. The van der Waals surface area contributed by atoms with E-state index in [2.05, 4.69) is 21.2 Å². The normalized spacial score (nSPS) is 10.0. The van der Waals surface area contributed by atoms with E-state index in [1.54, 1.807) is 37.4 Å². The lowest BCUT2D eigenvalue weighted by molar-refractivity contribution is -0.384. The zero-order valence-corrected chi connectivity index (χ0v) is 11.7. The summed E-state index contributed by atoms with van der Waals surface area (Å²) in [6.45, 7) is 0. The number of rotatable bonds is 4. The van der Waals surface area contributed by atoms with Gasteiger partial charge in [0, 0.05) is 7.05 Å². The molecule has 0 aromatic heterocycles. The Kier molecular flexibility index (Phi) is 4.01. The molecule has 0 bridgehead atoms. The minimum Gasteiger partial charge on any atom is -0.449 e. The molecule has 19 heavy (non-hydrogen) atoms. The average Bonchev–Trinajstić information content (AvgIpc) is 2.40. The van der Waals surface area contributed by atoms with Crippen molar-refractivity contribution in [1.82, 2.24) is 0 Å². The summed E-state index contributed by atoms with van der Waals surface area (Å²) in [6.07, 6.45) is 0. The zero-order valence-electron chi connectivity index (χ0n) is 10.1. The largest absolute Gasteiger partial charge is 0.449 e. The van der Waals surface area contributed by atoms with Crippen LogP contribution in [0.1, 0.15) is 0 Å². The molecule has 0 unspecified atom stereocenters. The summed E-state index contributed by atoms with van der Waals surface area (Å²) in [5, 5.41) is 13.9. The van der Waals surface area contributed by atoms with Crippen LogP contribution in [0.3, 0.4) is 0 Å². The van der Waals surface area contributed by atoms with Gasteiger partial charge in [0.2, 0.25) is 5.75 Å². The number of benzene rings is 2. The van der Waals surface area contributed by atoms with Crippen molar-refractivity contribution in [1.29, 1.82) is 0 Å². The van der Waals surface area contributed by atoms with Gasteiger partial charge < -0.3 is 10.1 Å². The van der Waals surface area contributed by atoms with Crippen LogP contribution in [0.15, 0.2) is 46.9 Å². The molecular weight excluding hydrogens is 312 g/mol. The van der Waals surface area contributed by atoms with E-state index in [4.69, 9.17) is 4.74 Å². The highest BCUT2D eigenvalue weighted by Crippen LogP contribution is 2.38. The van der Waals surface area contributed by atoms with Crippen molar-refractivity contribution in [3.63, 3.8) is 0 Å². The van der Waals surface area contributed by atoms with Crippen molar-refractivity contribution in [3.8, 4) is 11.5 Å². The molecule has 2 aromatic rings. The van der Waals surface area contributed by atoms with Gasteiger partial charge in [-0.15, -0.1) is 0 Å². The molecule has 0 heterocycles. The Bertz CT molecular complexity index is 617. The molecule has 2 aromatic carbocycles. The van der Waals surface area contributed by atoms with Gasteiger partial charge in [-0.2, -0.15) is 0 Å². The highest BCUT2D eigenvalue weighted by Gasteiger charge is 2.21. The van der Waals surface area contributed by atoms with Gasteiger partial charge in [0.05, 0.1) is 9.40 Å². The lowest BCUT2D eigenvalue weighted by atomic mass is 10.2. The maximum absolute atomic E-state index is 11.2. The molecule has 0 aliphatic rings. The molecule has 0 aliphatic carbocycles. The number of nitrogens with one attached hydrogen (secondary N) is 1. The highest BCUT2D eigenvalue weighted by molar-refractivity contribution is 9.10. The maximum atomic E-state index is 11.2. The first-order valence-electron chi connectivity index (χ1n) is 5.51. The van der Waals surface area contributed by atoms with Crippen LogP contribution in [0.4, 0.5) is 11.4 Å². The fourth-order valence-corrected chi connectivity index (χ4v) is 2.01. The molecule has 1 N–H and O–H groups in total. The van der Waals surface area contributed by atoms with Crippen LogP contribution < -0.4 is 10.1 Å². The van der Waals surface area contributed by atoms with Gasteiger partial charge in [-0.25, -0.2) is 0 Å². The highest BCUT2D eigenvalue weighted by atomic mass is 79.9. The van der Waals surface area contributed by atoms with E-state index in [1.807, 2.05) is 12.1 Å². The van der Waals surface area contributed by atoms with E-state index in [0.29, 0.717) is 11.4 Å². The summed E-state index contributed by atoms with van der Waals surface area (Å²) in [4.78, 5) is 10.7. The fraction of sp³-hybridized carbons (Fsp3) is 0.0769. The summed E-state index contributed by atoms with van der Waals surface area (Å²) in [5.41, 5.74) is 0.329. The Hall–Kier alpha value is -2.08. The van der Waals surface area contributed by atoms with Gasteiger partial charge in [-0.1, -0.05) is 18.2 Å². The lowest BCUT2D eigenvalue weighted by Gasteiger charge is -2.10. The van der Waals surface area contributed by atoms with E-state index in [1.165, 1.54) is 0 Å². The van der Waals surface area contributed by atoms with Crippen LogP contribution in [0.5, 0.6) is 11.5 Å². The molecule has 0 fully saturated rings. The molecule has 0 radical (unpaired) electrons. The molecule has 0 spiro atoms. The number of nitro groups is 1. The summed E-state index contributed by atoms with van der Waals surface area (Å²) < 4.78 is 6.35. The molecule has 2 rings (SSSR count). The molecule has 0 amide bonds. The second kappa shape index (κ2) is 5.71. The van der Waals surface area contributed by atoms with E-state index >= 15 is 0 Å². The van der Waals surface area contributed by atoms with Crippen LogP contribution in [-0.4, -0.2) is 12.0 Å². The molecule has 98 valence electrons. The Morgan fingerprint density at radius 2 is 1.84 bits per heavy atom. The van der Waals surface area contributed by atoms with Crippen molar-refractivity contribution in [2.45, 2.75) is 0 Å². The van der Waals surface area contributed by atoms with Crippen LogP contribution in [0, 0.1) is 10.1 Å². The van der Waals surface area contributed by atoms with E-state index < -0.39 is 4.92 Å². The Balaban J connectivity index is 2.46. The monoisotopic (exact) mass is 322 g/mol. The third-order valence-corrected chi connectivity index (χ3v) is 3.16. The number of ether oxygens (including phenoxy) is 1. The first-order valence-corrected chi connectivity index (χ1v) is 6.30. The van der Waals surface area contributed by atoms with Gasteiger partial charge in [-0.3, -0.25) is 10.1 Å². The van der Waals surface area contributed by atoms with Crippen LogP contribution in [0.2, 0.25) is 0 Å². The van der Waals surface area contributed by atoms with Crippen molar-refractivity contribution in [2.75, 3.05) is 12.4 Å². The van der Waals surface area contributed by atoms with Gasteiger partial charge >= 0.3 is 5.69 Å². The minimum absolute atomic E-state index is 0.0826. The summed E-state index contributed by atoms with van der Waals surface area (Å²) in [6, 6.07) is 12.1. The van der Waals surface area contributed by atoms with Gasteiger partial charge in [0.25, 0.3) is 0 Å². The van der Waals surface area contributed by atoms with E-state index in [-0.39, 0.29) is 11.4 Å². The number of hydrogen-bond acceptors (Lipinski definition) is 4. The number of hydrogen-bond donors (Lipinski definition) is 1. The first kappa shape index (κ1) is 13.4. The van der Waals surface area contributed by atoms with Crippen LogP contribution in [-0.2, 0) is 0 Å². The number of halogens is 1. The predicted molar refractivity (Wildman–Crippen MR) is 76.9 cm³/mol. The quantitative estimate of drug-likeness (QED) is 0.677. The van der Waals surface area contributed by atoms with Crippen molar-refractivity contribution < 1.29 is 9.66 Å². The number of nitrogens with zero attached hydrogens (tertiary/aromatic N) is 1. The van der Waals surface area contributed by atoms with Crippen molar-refractivity contribution in [2.24, 2.45) is 0 Å². The second-order valence-electron chi connectivity index (χ2n) is 3.69. The minimum atomic E-state index is -0.460. The van der Waals surface area contributed by atoms with Crippen LogP contribution >= 0.6 is 15.9 Å². The zero-order chi connectivity index (χ0) is 13.8. The molecule has 5 nitrogen and oxygen atoms in total. The number of anilines is 1. The number of para-hydroxylation sites is 2. The topological polar surface area (TPSA) is 64.4 Å². The predicted octanol–water partition coefficient (Wildman–Crippen LogP) is 4.19. The molecule has 0 saturated carbocycles. The molecule has 6 heteroatoms. The maximum Gasteiger partial charge on any atom is 0.334 e. The standard InChI is InChI=1S/C13H11BrN2O3/c1-15-10-6-4-8-12(13(10)16(17)18)19-11-7-3-2-5-9(11)14/h2-8,15H,1H3. The number of nitro benzene ring substituents is 1.